The van der Waals surface area contributed by atoms with Crippen LogP contribution in [0.1, 0.15) is 21.6 Å². The summed E-state index contributed by atoms with van der Waals surface area (Å²) < 4.78 is 78.7. The van der Waals surface area contributed by atoms with Gasteiger partial charge in [0.2, 0.25) is 11.8 Å². The number of halogens is 4. The second kappa shape index (κ2) is 8.90. The number of ether oxygens (including phenoxy) is 2. The summed E-state index contributed by atoms with van der Waals surface area (Å²) in [5.41, 5.74) is -0.979. The molecule has 2 aromatic heterocycles. The number of aromatic nitrogens is 3. The van der Waals surface area contributed by atoms with Crippen molar-refractivity contribution in [3.8, 4) is 11.8 Å². The Morgan fingerprint density at radius 1 is 1.21 bits per heavy atom. The van der Waals surface area contributed by atoms with Crippen LogP contribution in [0.4, 0.5) is 18.9 Å². The van der Waals surface area contributed by atoms with Crippen molar-refractivity contribution in [1.29, 1.82) is 0 Å². The Hall–Kier alpha value is -3.32. The number of carbonyl (C=O) groups is 1. The normalized spacial score (nSPS) is 11.8. The predicted octanol–water partition coefficient (Wildman–Crippen LogP) is 4.18. The van der Waals surface area contributed by atoms with Crippen LogP contribution in [-0.4, -0.2) is 36.3 Å². The molecule has 1 N–H and O–H groups in total. The van der Waals surface area contributed by atoms with Gasteiger partial charge in [-0.2, -0.15) is 18.3 Å². The first kappa shape index (κ1) is 24.3. The first-order valence-electron chi connectivity index (χ1n) is 8.98. The molecule has 0 aliphatic carbocycles. The number of esters is 1. The second-order valence-electron chi connectivity index (χ2n) is 6.70. The van der Waals surface area contributed by atoms with Crippen molar-refractivity contribution in [2.24, 2.45) is 7.05 Å². The number of benzene rings is 1. The standard InChI is InChI=1S/C19H16ClF3N4O5S/c1-10-6-14(17(24-9-10)32-16-8-15(18(28)31-3)25-27(16)2)26-33(29,30)11-4-5-13(20)12(7-11)19(21,22)23/h4-9,26H,1-3H3. The predicted molar refractivity (Wildman–Crippen MR) is 111 cm³/mol. The molecule has 0 spiro atoms. The molecular formula is C19H16ClF3N4O5S. The number of pyridine rings is 1. The number of alkyl halides is 3. The quantitative estimate of drug-likeness (QED) is 0.501. The van der Waals surface area contributed by atoms with Crippen LogP contribution < -0.4 is 9.46 Å². The minimum atomic E-state index is -4.85. The summed E-state index contributed by atoms with van der Waals surface area (Å²) >= 11 is 5.57. The molecule has 0 amide bonds. The molecule has 176 valence electrons. The maximum absolute atomic E-state index is 13.2. The Morgan fingerprint density at radius 2 is 1.91 bits per heavy atom. The molecule has 0 saturated heterocycles. The average Bonchev–Trinajstić information content (AvgIpc) is 3.08. The summed E-state index contributed by atoms with van der Waals surface area (Å²) in [6.07, 6.45) is -3.46. The van der Waals surface area contributed by atoms with Gasteiger partial charge in [-0.25, -0.2) is 22.9 Å². The Morgan fingerprint density at radius 3 is 2.55 bits per heavy atom. The summed E-state index contributed by atoms with van der Waals surface area (Å²) in [6.45, 7) is 1.62. The largest absolute Gasteiger partial charge is 0.464 e. The van der Waals surface area contributed by atoms with Crippen molar-refractivity contribution in [3.05, 3.63) is 58.4 Å². The van der Waals surface area contributed by atoms with Crippen molar-refractivity contribution < 1.29 is 35.9 Å². The van der Waals surface area contributed by atoms with E-state index >= 15 is 0 Å². The molecule has 2 heterocycles. The fraction of sp³-hybridized carbons (Fsp3) is 0.211. The molecule has 0 aliphatic heterocycles. The Bertz CT molecular complexity index is 1330. The maximum atomic E-state index is 13.2. The lowest BCUT2D eigenvalue weighted by Crippen LogP contribution is -2.16. The fourth-order valence-electron chi connectivity index (χ4n) is 2.65. The fourth-order valence-corrected chi connectivity index (χ4v) is 3.95. The van der Waals surface area contributed by atoms with E-state index in [9.17, 15) is 26.4 Å². The van der Waals surface area contributed by atoms with E-state index in [-0.39, 0.29) is 23.1 Å². The molecule has 0 saturated carbocycles. The highest BCUT2D eigenvalue weighted by Crippen LogP contribution is 2.37. The molecule has 0 radical (unpaired) electrons. The van der Waals surface area contributed by atoms with Crippen molar-refractivity contribution in [2.75, 3.05) is 11.8 Å². The topological polar surface area (TPSA) is 112 Å². The van der Waals surface area contributed by atoms with Crippen LogP contribution in [0, 0.1) is 6.92 Å². The van der Waals surface area contributed by atoms with E-state index in [1.165, 1.54) is 37.2 Å². The number of carbonyl (C=O) groups excluding carboxylic acids is 1. The van der Waals surface area contributed by atoms with Crippen LogP contribution in [0.3, 0.4) is 0 Å². The monoisotopic (exact) mass is 504 g/mol. The lowest BCUT2D eigenvalue weighted by Gasteiger charge is -2.15. The van der Waals surface area contributed by atoms with E-state index in [1.54, 1.807) is 6.92 Å². The smallest absolute Gasteiger partial charge is 0.417 e. The van der Waals surface area contributed by atoms with Gasteiger partial charge in [0.05, 0.1) is 22.6 Å². The summed E-state index contributed by atoms with van der Waals surface area (Å²) in [7, 11) is -1.85. The minimum absolute atomic E-state index is 0.0260. The zero-order chi connectivity index (χ0) is 24.6. The number of nitrogens with zero attached hydrogens (tertiary/aromatic N) is 3. The van der Waals surface area contributed by atoms with Gasteiger partial charge in [0.25, 0.3) is 10.0 Å². The Balaban J connectivity index is 1.98. The second-order valence-corrected chi connectivity index (χ2v) is 8.78. The molecule has 33 heavy (non-hydrogen) atoms. The molecule has 0 unspecified atom stereocenters. The van der Waals surface area contributed by atoms with Crippen LogP contribution in [-0.2, 0) is 28.0 Å². The van der Waals surface area contributed by atoms with E-state index in [4.69, 9.17) is 16.3 Å². The molecule has 3 rings (SSSR count). The average molecular weight is 505 g/mol. The van der Waals surface area contributed by atoms with Gasteiger partial charge in [0.1, 0.15) is 5.69 Å². The first-order chi connectivity index (χ1) is 15.3. The highest BCUT2D eigenvalue weighted by Gasteiger charge is 2.34. The number of rotatable bonds is 6. The van der Waals surface area contributed by atoms with E-state index in [0.29, 0.717) is 11.6 Å². The van der Waals surface area contributed by atoms with Crippen LogP contribution in [0.15, 0.2) is 41.4 Å². The highest BCUT2D eigenvalue weighted by atomic mass is 35.5. The third kappa shape index (κ3) is 5.37. The highest BCUT2D eigenvalue weighted by molar-refractivity contribution is 7.92. The van der Waals surface area contributed by atoms with Crippen molar-refractivity contribution in [1.82, 2.24) is 14.8 Å². The van der Waals surface area contributed by atoms with Gasteiger partial charge >= 0.3 is 12.1 Å². The first-order valence-corrected chi connectivity index (χ1v) is 10.8. The molecule has 9 nitrogen and oxygen atoms in total. The third-order valence-electron chi connectivity index (χ3n) is 4.22. The van der Waals surface area contributed by atoms with Gasteiger partial charge in [-0.3, -0.25) is 4.72 Å². The van der Waals surface area contributed by atoms with Crippen LogP contribution in [0.25, 0.3) is 0 Å². The lowest BCUT2D eigenvalue weighted by atomic mass is 10.2. The number of hydrogen-bond donors (Lipinski definition) is 1. The van der Waals surface area contributed by atoms with Gasteiger partial charge in [0, 0.05) is 19.3 Å². The van der Waals surface area contributed by atoms with Gasteiger partial charge in [0.15, 0.2) is 5.69 Å². The number of sulfonamides is 1. The number of hydrogen-bond acceptors (Lipinski definition) is 7. The molecule has 1 aromatic carbocycles. The van der Waals surface area contributed by atoms with Crippen molar-refractivity contribution in [3.63, 3.8) is 0 Å². The zero-order valence-electron chi connectivity index (χ0n) is 17.3. The van der Waals surface area contributed by atoms with E-state index in [2.05, 4.69) is 19.5 Å². The Labute approximate surface area is 191 Å². The summed E-state index contributed by atoms with van der Waals surface area (Å²) in [5.74, 6) is -0.923. The third-order valence-corrected chi connectivity index (χ3v) is 5.91. The number of anilines is 1. The van der Waals surface area contributed by atoms with Crippen LogP contribution >= 0.6 is 11.6 Å². The molecule has 3 aromatic rings. The van der Waals surface area contributed by atoms with E-state index in [1.807, 2.05) is 0 Å². The molecule has 0 bridgehead atoms. The summed E-state index contributed by atoms with van der Waals surface area (Å²) in [5, 5.41) is 3.28. The minimum Gasteiger partial charge on any atom is -0.464 e. The SMILES string of the molecule is COC(=O)c1cc(Oc2ncc(C)cc2NS(=O)(=O)c2ccc(Cl)c(C(F)(F)F)c2)n(C)n1. The van der Waals surface area contributed by atoms with Crippen molar-refractivity contribution >= 4 is 33.3 Å². The van der Waals surface area contributed by atoms with E-state index < -0.39 is 37.7 Å². The number of methoxy groups -OCH3 is 1. The lowest BCUT2D eigenvalue weighted by molar-refractivity contribution is -0.137. The molecule has 0 fully saturated rings. The van der Waals surface area contributed by atoms with Crippen LogP contribution in [0.2, 0.25) is 5.02 Å². The van der Waals surface area contributed by atoms with Crippen LogP contribution in [0.5, 0.6) is 11.8 Å². The van der Waals surface area contributed by atoms with Gasteiger partial charge in [-0.1, -0.05) is 11.6 Å². The number of nitrogens with one attached hydrogen (secondary N) is 1. The zero-order valence-corrected chi connectivity index (χ0v) is 18.8. The summed E-state index contributed by atoms with van der Waals surface area (Å²) in [4.78, 5) is 15.0. The van der Waals surface area contributed by atoms with E-state index in [0.717, 1.165) is 12.1 Å². The molecule has 0 atom stereocenters. The molecule has 0 aliphatic rings. The number of aryl methyl sites for hydroxylation is 2. The maximum Gasteiger partial charge on any atom is 0.417 e. The molecular weight excluding hydrogens is 489 g/mol. The van der Waals surface area contributed by atoms with Gasteiger partial charge in [-0.05, 0) is 36.8 Å². The Kier molecular flexibility index (Phi) is 6.56. The summed E-state index contributed by atoms with van der Waals surface area (Å²) in [6, 6.07) is 4.83. The van der Waals surface area contributed by atoms with Gasteiger partial charge in [-0.15, -0.1) is 0 Å². The van der Waals surface area contributed by atoms with Gasteiger partial charge < -0.3 is 9.47 Å². The molecule has 14 heteroatoms. The van der Waals surface area contributed by atoms with Crippen molar-refractivity contribution in [2.45, 2.75) is 18.0 Å².